The molecule has 0 aromatic rings. The molecule has 0 bridgehead atoms. The maximum atomic E-state index is 4.91. The Kier molecular flexibility index (Phi) is 41.6. The third-order valence-corrected chi connectivity index (χ3v) is 0.167. The Morgan fingerprint density at radius 1 is 1.67 bits per heavy atom. The first kappa shape index (κ1) is 15.6. The van der Waals surface area contributed by atoms with E-state index >= 15 is 0 Å². The first-order valence-corrected chi connectivity index (χ1v) is 1.22. The number of hydrogen-bond acceptors (Lipinski definition) is 1. The molecule has 6 heavy (non-hydrogen) atoms. The Labute approximate surface area is 87.2 Å². The van der Waals surface area contributed by atoms with Crippen molar-refractivity contribution in [3.05, 3.63) is 12.7 Å². The topological polar surface area (TPSA) is 26.0 Å². The maximum absolute atomic E-state index is 4.91. The molecule has 1 nitrogen and oxygen atoms in total. The minimum absolute atomic E-state index is 0. The van der Waals surface area contributed by atoms with Crippen LogP contribution in [0.2, 0.25) is 0 Å². The zero-order valence-electron chi connectivity index (χ0n) is 2.98. The number of nitrogens with two attached hydrogens (primary N) is 1. The molecule has 0 heterocycles. The van der Waals surface area contributed by atoms with Gasteiger partial charge in [-0.2, -0.15) is 0 Å². The molecule has 0 aliphatic carbocycles. The van der Waals surface area contributed by atoms with E-state index in [0.29, 0.717) is 6.54 Å². The fourth-order valence-electron chi connectivity index (χ4n) is 0. The molecule has 2 N–H and O–H groups in total. The standard InChI is InChI=1S/C3H7N.ClH.K.H/c1-2-3-4;;;/h2H,1,3-4H2;1H;;. The molecule has 0 saturated heterocycles. The zero-order valence-corrected chi connectivity index (χ0v) is 3.79. The number of rotatable bonds is 1. The van der Waals surface area contributed by atoms with Crippen molar-refractivity contribution in [2.24, 2.45) is 5.73 Å². The molecule has 0 spiro atoms. The van der Waals surface area contributed by atoms with E-state index in [9.17, 15) is 0 Å². The van der Waals surface area contributed by atoms with E-state index in [1.54, 1.807) is 6.08 Å². The van der Waals surface area contributed by atoms with Gasteiger partial charge in [-0.25, -0.2) is 0 Å². The fraction of sp³-hybridized carbons (Fsp3) is 0.333. The van der Waals surface area contributed by atoms with E-state index in [4.69, 9.17) is 5.73 Å². The van der Waals surface area contributed by atoms with Gasteiger partial charge >= 0.3 is 51.4 Å². The van der Waals surface area contributed by atoms with Gasteiger partial charge in [-0.15, -0.1) is 19.0 Å². The Morgan fingerprint density at radius 3 is 1.83 bits per heavy atom. The second kappa shape index (κ2) is 16.0. The van der Waals surface area contributed by atoms with Crippen LogP contribution in [0.15, 0.2) is 12.7 Å². The fourth-order valence-corrected chi connectivity index (χ4v) is 0. The van der Waals surface area contributed by atoms with Crippen molar-refractivity contribution in [3.63, 3.8) is 0 Å². The molecule has 0 rings (SSSR count). The number of halogens is 1. The monoisotopic (exact) mass is 133 g/mol. The SMILES string of the molecule is C=CCN.Cl.[KH]. The van der Waals surface area contributed by atoms with Crippen LogP contribution >= 0.6 is 12.4 Å². The molecule has 0 aromatic heterocycles. The molecule has 0 saturated carbocycles. The summed E-state index contributed by atoms with van der Waals surface area (Å²) in [5.74, 6) is 0. The van der Waals surface area contributed by atoms with Crippen molar-refractivity contribution < 1.29 is 0 Å². The Balaban J connectivity index is -0.0000000450. The molecule has 0 atom stereocenters. The predicted octanol–water partition coefficient (Wildman–Crippen LogP) is -0.0956. The Hall–Kier alpha value is 1.63. The van der Waals surface area contributed by atoms with Crippen molar-refractivity contribution in [3.8, 4) is 0 Å². The van der Waals surface area contributed by atoms with E-state index in [1.807, 2.05) is 0 Å². The average molecular weight is 134 g/mol. The molecule has 0 radical (unpaired) electrons. The average Bonchev–Trinajstić information content (AvgIpc) is 1.37. The van der Waals surface area contributed by atoms with Crippen LogP contribution in [0.3, 0.4) is 0 Å². The second-order valence-electron chi connectivity index (χ2n) is 0.524. The first-order valence-electron chi connectivity index (χ1n) is 1.22. The molecule has 0 aliphatic rings. The molecule has 0 fully saturated rings. The molecule has 34 valence electrons. The van der Waals surface area contributed by atoms with Crippen LogP contribution < -0.4 is 5.73 Å². The molecular formula is C3H9ClKN. The summed E-state index contributed by atoms with van der Waals surface area (Å²) in [7, 11) is 0. The van der Waals surface area contributed by atoms with Gasteiger partial charge in [-0.05, 0) is 0 Å². The van der Waals surface area contributed by atoms with Crippen LogP contribution in [0.1, 0.15) is 0 Å². The zero-order chi connectivity index (χ0) is 3.41. The van der Waals surface area contributed by atoms with Crippen LogP contribution in [0, 0.1) is 0 Å². The van der Waals surface area contributed by atoms with Gasteiger partial charge < -0.3 is 5.73 Å². The van der Waals surface area contributed by atoms with Crippen molar-refractivity contribution in [2.75, 3.05) is 6.54 Å². The molecule has 0 aliphatic heterocycles. The van der Waals surface area contributed by atoms with Crippen LogP contribution in [0.4, 0.5) is 0 Å². The van der Waals surface area contributed by atoms with E-state index in [1.165, 1.54) is 0 Å². The van der Waals surface area contributed by atoms with Gasteiger partial charge in [0.25, 0.3) is 0 Å². The van der Waals surface area contributed by atoms with Gasteiger partial charge in [0.1, 0.15) is 0 Å². The summed E-state index contributed by atoms with van der Waals surface area (Å²) >= 11 is 0. The van der Waals surface area contributed by atoms with Gasteiger partial charge in [0.2, 0.25) is 0 Å². The summed E-state index contributed by atoms with van der Waals surface area (Å²) < 4.78 is 0. The van der Waals surface area contributed by atoms with Crippen LogP contribution in [-0.4, -0.2) is 57.9 Å². The van der Waals surface area contributed by atoms with Crippen molar-refractivity contribution in [1.29, 1.82) is 0 Å². The summed E-state index contributed by atoms with van der Waals surface area (Å²) in [5.41, 5.74) is 4.91. The summed E-state index contributed by atoms with van der Waals surface area (Å²) in [4.78, 5) is 0. The first-order chi connectivity index (χ1) is 1.91. The third-order valence-electron chi connectivity index (χ3n) is 0.167. The normalized spacial score (nSPS) is 4.17. The van der Waals surface area contributed by atoms with E-state index in [-0.39, 0.29) is 63.8 Å². The van der Waals surface area contributed by atoms with Gasteiger partial charge in [-0.1, -0.05) is 6.08 Å². The summed E-state index contributed by atoms with van der Waals surface area (Å²) in [5, 5.41) is 0. The van der Waals surface area contributed by atoms with Crippen LogP contribution in [-0.2, 0) is 0 Å². The molecular weight excluding hydrogens is 125 g/mol. The predicted molar refractivity (Wildman–Crippen MR) is 33.6 cm³/mol. The van der Waals surface area contributed by atoms with Crippen LogP contribution in [0.5, 0.6) is 0 Å². The van der Waals surface area contributed by atoms with E-state index in [0.717, 1.165) is 0 Å². The van der Waals surface area contributed by atoms with E-state index < -0.39 is 0 Å². The quantitative estimate of drug-likeness (QED) is 0.393. The van der Waals surface area contributed by atoms with Crippen molar-refractivity contribution in [2.45, 2.75) is 0 Å². The molecule has 0 amide bonds. The number of hydrogen-bond donors (Lipinski definition) is 1. The Bertz CT molecular complexity index is 24.8. The second-order valence-corrected chi connectivity index (χ2v) is 0.524. The van der Waals surface area contributed by atoms with Gasteiger partial charge in [0, 0.05) is 6.54 Å². The van der Waals surface area contributed by atoms with Gasteiger partial charge in [-0.3, -0.25) is 0 Å². The Morgan fingerprint density at radius 2 is 1.83 bits per heavy atom. The summed E-state index contributed by atoms with van der Waals surface area (Å²) in [6.07, 6.45) is 1.65. The summed E-state index contributed by atoms with van der Waals surface area (Å²) in [6, 6.07) is 0. The van der Waals surface area contributed by atoms with Gasteiger partial charge in [0.15, 0.2) is 0 Å². The van der Waals surface area contributed by atoms with Gasteiger partial charge in [0.05, 0.1) is 0 Å². The third kappa shape index (κ3) is 17.5. The van der Waals surface area contributed by atoms with Crippen LogP contribution in [0.25, 0.3) is 0 Å². The molecule has 3 heteroatoms. The molecule has 0 unspecified atom stereocenters. The molecule has 0 aromatic carbocycles. The van der Waals surface area contributed by atoms with Crippen molar-refractivity contribution in [1.82, 2.24) is 0 Å². The summed E-state index contributed by atoms with van der Waals surface area (Å²) in [6.45, 7) is 3.94. The van der Waals surface area contributed by atoms with E-state index in [2.05, 4.69) is 6.58 Å². The van der Waals surface area contributed by atoms with Crippen molar-refractivity contribution >= 4 is 63.8 Å². The minimum atomic E-state index is 0.